The molecule has 3 rings (SSSR count). The molecule has 0 amide bonds. The monoisotopic (exact) mass is 262 g/mol. The van der Waals surface area contributed by atoms with Gasteiger partial charge in [0.05, 0.1) is 0 Å². The average molecular weight is 262 g/mol. The van der Waals surface area contributed by atoms with Crippen molar-refractivity contribution in [1.82, 2.24) is 0 Å². The summed E-state index contributed by atoms with van der Waals surface area (Å²) in [4.78, 5) is 0. The lowest BCUT2D eigenvalue weighted by Crippen LogP contribution is -2.06. The Labute approximate surface area is 105 Å². The van der Waals surface area contributed by atoms with Crippen molar-refractivity contribution in [3.05, 3.63) is 58.6 Å². The highest BCUT2D eigenvalue weighted by Gasteiger charge is 2.20. The molecule has 2 aromatic rings. The maximum Gasteiger partial charge on any atom is 0.0373 e. The number of allylic oxidation sites excluding steroid dienone is 4. The third-order valence-corrected chi connectivity index (χ3v) is 7.65. The quantitative estimate of drug-likeness (QED) is 0.731. The maximum absolute atomic E-state index is 2.30. The van der Waals surface area contributed by atoms with Crippen LogP contribution in [0.15, 0.2) is 58.6 Å². The number of hydrogen-bond donors (Lipinski definition) is 0. The van der Waals surface area contributed by atoms with Crippen LogP contribution in [0.4, 0.5) is 0 Å². The molecule has 0 nitrogen and oxygen atoms in total. The predicted molar refractivity (Wildman–Crippen MR) is 76.7 cm³/mol. The van der Waals surface area contributed by atoms with Gasteiger partial charge in [0.25, 0.3) is 0 Å². The van der Waals surface area contributed by atoms with Crippen LogP contribution in [0.2, 0.25) is 0 Å². The summed E-state index contributed by atoms with van der Waals surface area (Å²) < 4.78 is 3.04. The summed E-state index contributed by atoms with van der Waals surface area (Å²) >= 11 is 3.77. The zero-order valence-electron chi connectivity index (χ0n) is 8.67. The van der Waals surface area contributed by atoms with Gasteiger partial charge in [-0.05, 0) is 34.6 Å². The normalized spacial score (nSPS) is 14.7. The van der Waals surface area contributed by atoms with Crippen LogP contribution in [0, 0.1) is 0 Å². The van der Waals surface area contributed by atoms with E-state index in [9.17, 15) is 0 Å². The molecule has 16 heavy (non-hydrogen) atoms. The Morgan fingerprint density at radius 2 is 1.69 bits per heavy atom. The maximum atomic E-state index is 2.30. The van der Waals surface area contributed by atoms with Crippen molar-refractivity contribution in [3.8, 4) is 0 Å². The number of rotatable bonds is 3. The third kappa shape index (κ3) is 1.93. The molecule has 0 aliphatic heterocycles. The fourth-order valence-corrected chi connectivity index (χ4v) is 7.15. The van der Waals surface area contributed by atoms with Crippen LogP contribution in [0.3, 0.4) is 0 Å². The topological polar surface area (TPSA) is 0 Å². The second-order valence-electron chi connectivity index (χ2n) is 3.53. The molecule has 0 saturated carbocycles. The van der Waals surface area contributed by atoms with Crippen molar-refractivity contribution in [2.75, 3.05) is 0 Å². The van der Waals surface area contributed by atoms with Gasteiger partial charge in [0, 0.05) is 17.2 Å². The summed E-state index contributed by atoms with van der Waals surface area (Å²) in [7, 11) is -0.242. The van der Waals surface area contributed by atoms with Gasteiger partial charge in [-0.25, -0.2) is 0 Å². The van der Waals surface area contributed by atoms with Gasteiger partial charge in [-0.1, -0.05) is 30.4 Å². The van der Waals surface area contributed by atoms with Crippen molar-refractivity contribution in [2.24, 2.45) is 0 Å². The van der Waals surface area contributed by atoms with Gasteiger partial charge in [-0.2, -0.15) is 0 Å². The van der Waals surface area contributed by atoms with E-state index < -0.39 is 0 Å². The van der Waals surface area contributed by atoms with Crippen LogP contribution >= 0.6 is 30.6 Å². The molecule has 0 fully saturated rings. The van der Waals surface area contributed by atoms with Crippen molar-refractivity contribution >= 4 is 39.8 Å². The van der Waals surface area contributed by atoms with E-state index in [0.29, 0.717) is 0 Å². The molecule has 1 aliphatic carbocycles. The van der Waals surface area contributed by atoms with Crippen LogP contribution in [0.5, 0.6) is 0 Å². The van der Waals surface area contributed by atoms with Gasteiger partial charge in [0.1, 0.15) is 0 Å². The van der Waals surface area contributed by atoms with Gasteiger partial charge in [0.15, 0.2) is 0 Å². The summed E-state index contributed by atoms with van der Waals surface area (Å²) in [6.07, 6.45) is 7.87. The van der Waals surface area contributed by atoms with Gasteiger partial charge in [-0.3, -0.25) is 0 Å². The molecule has 0 N–H and O–H groups in total. The van der Waals surface area contributed by atoms with Crippen LogP contribution in [0.1, 0.15) is 6.42 Å². The van der Waals surface area contributed by atoms with E-state index in [1.807, 2.05) is 22.7 Å². The fraction of sp³-hybridized carbons (Fsp3) is 0.0769. The molecule has 0 spiro atoms. The van der Waals surface area contributed by atoms with Crippen molar-refractivity contribution in [3.63, 3.8) is 0 Å². The van der Waals surface area contributed by atoms with Gasteiger partial charge >= 0.3 is 0 Å². The minimum absolute atomic E-state index is 0.242. The number of hydrogen-bond acceptors (Lipinski definition) is 2. The van der Waals surface area contributed by atoms with Crippen LogP contribution in [0.25, 0.3) is 0 Å². The van der Waals surface area contributed by atoms with E-state index in [0.717, 1.165) is 6.42 Å². The summed E-state index contributed by atoms with van der Waals surface area (Å²) in [6.45, 7) is 0. The minimum atomic E-state index is -0.242. The number of thiophene rings is 2. The van der Waals surface area contributed by atoms with E-state index in [4.69, 9.17) is 0 Å². The standard InChI is InChI=1S/C13H11PS2/c1-2-6-11(5-1)14(12-7-3-9-15-12)13-8-4-10-16-13/h1-5,7-10H,6H2. The molecular weight excluding hydrogens is 251 g/mol. The van der Waals surface area contributed by atoms with E-state index in [1.165, 1.54) is 9.24 Å². The first-order valence-corrected chi connectivity index (χ1v) is 8.28. The zero-order chi connectivity index (χ0) is 10.8. The Bertz CT molecular complexity index is 472. The Kier molecular flexibility index (Phi) is 3.05. The SMILES string of the molecule is C1=CCC(P(c2cccs2)c2cccs2)=C1. The molecule has 0 atom stereocenters. The Morgan fingerprint density at radius 3 is 2.12 bits per heavy atom. The molecule has 0 bridgehead atoms. The first-order chi connectivity index (χ1) is 7.95. The summed E-state index contributed by atoms with van der Waals surface area (Å²) in [5.74, 6) is 0. The van der Waals surface area contributed by atoms with Crippen molar-refractivity contribution in [1.29, 1.82) is 0 Å². The highest BCUT2D eigenvalue weighted by molar-refractivity contribution is 7.85. The van der Waals surface area contributed by atoms with E-state index in [2.05, 4.69) is 53.3 Å². The Hall–Kier alpha value is -0.690. The first-order valence-electron chi connectivity index (χ1n) is 5.18. The van der Waals surface area contributed by atoms with Crippen LogP contribution < -0.4 is 9.24 Å². The van der Waals surface area contributed by atoms with Crippen LogP contribution in [-0.2, 0) is 0 Å². The molecule has 0 unspecified atom stereocenters. The van der Waals surface area contributed by atoms with Gasteiger partial charge in [0.2, 0.25) is 0 Å². The molecule has 3 heteroatoms. The predicted octanol–water partition coefficient (Wildman–Crippen LogP) is 4.09. The summed E-state index contributed by atoms with van der Waals surface area (Å²) in [5, 5.41) is 5.95. The third-order valence-electron chi connectivity index (χ3n) is 2.49. The molecule has 1 aliphatic rings. The minimum Gasteiger partial charge on any atom is -0.143 e. The molecular formula is C13H11PS2. The van der Waals surface area contributed by atoms with E-state index in [-0.39, 0.29) is 7.92 Å². The van der Waals surface area contributed by atoms with Crippen LogP contribution in [-0.4, -0.2) is 0 Å². The Morgan fingerprint density at radius 1 is 1.00 bits per heavy atom. The molecule has 0 radical (unpaired) electrons. The highest BCUT2D eigenvalue weighted by Crippen LogP contribution is 2.48. The lowest BCUT2D eigenvalue weighted by Gasteiger charge is -2.15. The fourth-order valence-electron chi connectivity index (χ4n) is 1.79. The second-order valence-corrected chi connectivity index (χ2v) is 8.24. The van der Waals surface area contributed by atoms with Gasteiger partial charge < -0.3 is 0 Å². The Balaban J connectivity index is 2.02. The second kappa shape index (κ2) is 4.67. The molecule has 80 valence electrons. The lowest BCUT2D eigenvalue weighted by atomic mass is 10.5. The lowest BCUT2D eigenvalue weighted by molar-refractivity contribution is 1.41. The molecule has 2 heterocycles. The highest BCUT2D eigenvalue weighted by atomic mass is 32.1. The molecule has 2 aromatic heterocycles. The largest absolute Gasteiger partial charge is 0.143 e. The summed E-state index contributed by atoms with van der Waals surface area (Å²) in [6, 6.07) is 8.86. The first kappa shape index (κ1) is 10.5. The average Bonchev–Trinajstić information content (AvgIpc) is 3.02. The molecule has 0 saturated heterocycles. The summed E-state index contributed by atoms with van der Waals surface area (Å²) in [5.41, 5.74) is 0. The smallest absolute Gasteiger partial charge is 0.0373 e. The molecule has 0 aromatic carbocycles. The van der Waals surface area contributed by atoms with Gasteiger partial charge in [-0.15, -0.1) is 22.7 Å². The van der Waals surface area contributed by atoms with E-state index >= 15 is 0 Å². The zero-order valence-corrected chi connectivity index (χ0v) is 11.2. The van der Waals surface area contributed by atoms with E-state index in [1.54, 1.807) is 5.31 Å². The van der Waals surface area contributed by atoms with Crippen molar-refractivity contribution < 1.29 is 0 Å². The van der Waals surface area contributed by atoms with Crippen molar-refractivity contribution in [2.45, 2.75) is 6.42 Å².